The lowest BCUT2D eigenvalue weighted by atomic mass is 10.1. The number of carboxylic acid groups (broad SMARTS) is 1. The van der Waals surface area contributed by atoms with Gasteiger partial charge in [0, 0.05) is 16.8 Å². The molecule has 0 fully saturated rings. The first-order valence-corrected chi connectivity index (χ1v) is 6.13. The molecule has 2 N–H and O–H groups in total. The molecule has 0 saturated heterocycles. The van der Waals surface area contributed by atoms with Crippen LogP contribution in [-0.4, -0.2) is 16.1 Å². The van der Waals surface area contributed by atoms with Gasteiger partial charge in [-0.3, -0.25) is 9.59 Å². The average molecular weight is 298 g/mol. The molecule has 1 heterocycles. The van der Waals surface area contributed by atoms with Crippen LogP contribution in [0.5, 0.6) is 0 Å². The van der Waals surface area contributed by atoms with E-state index >= 15 is 0 Å². The quantitative estimate of drug-likeness (QED) is 0.915. The molecular weight excluding hydrogens is 289 g/mol. The van der Waals surface area contributed by atoms with E-state index in [-0.39, 0.29) is 6.42 Å². The summed E-state index contributed by atoms with van der Waals surface area (Å²) < 4.78 is 0. The molecule has 98 valence electrons. The van der Waals surface area contributed by atoms with Crippen LogP contribution >= 0.6 is 23.2 Å². The Morgan fingerprint density at radius 3 is 2.53 bits per heavy atom. The van der Waals surface area contributed by atoms with Gasteiger partial charge >= 0.3 is 5.97 Å². The predicted molar refractivity (Wildman–Crippen MR) is 73.9 cm³/mol. The number of halogens is 2. The summed E-state index contributed by atoms with van der Waals surface area (Å²) in [5, 5.41) is 9.31. The third kappa shape index (κ3) is 2.97. The van der Waals surface area contributed by atoms with Crippen molar-refractivity contribution in [2.24, 2.45) is 0 Å². The van der Waals surface area contributed by atoms with Crippen molar-refractivity contribution < 1.29 is 9.90 Å². The first kappa shape index (κ1) is 13.6. The molecule has 19 heavy (non-hydrogen) atoms. The monoisotopic (exact) mass is 297 g/mol. The number of aliphatic carboxylic acids is 1. The van der Waals surface area contributed by atoms with E-state index in [0.29, 0.717) is 26.9 Å². The maximum absolute atomic E-state index is 11.9. The third-order valence-corrected chi connectivity index (χ3v) is 3.37. The van der Waals surface area contributed by atoms with Crippen LogP contribution < -0.4 is 5.56 Å². The summed E-state index contributed by atoms with van der Waals surface area (Å²) in [6.45, 7) is 0. The normalized spacial score (nSPS) is 10.4. The Kier molecular flexibility index (Phi) is 3.93. The van der Waals surface area contributed by atoms with E-state index < -0.39 is 11.5 Å². The number of H-pyrrole nitrogens is 1. The molecule has 0 radical (unpaired) electrons. The zero-order valence-electron chi connectivity index (χ0n) is 9.61. The minimum absolute atomic E-state index is 0.237. The Bertz CT molecular complexity index is 695. The smallest absolute Gasteiger partial charge is 0.309 e. The molecule has 1 aromatic heterocycles. The van der Waals surface area contributed by atoms with Crippen LogP contribution in [0.2, 0.25) is 10.0 Å². The maximum atomic E-state index is 11.9. The van der Waals surface area contributed by atoms with E-state index in [9.17, 15) is 9.59 Å². The first-order valence-electron chi connectivity index (χ1n) is 5.37. The van der Waals surface area contributed by atoms with E-state index in [0.717, 1.165) is 0 Å². The molecule has 1 aromatic carbocycles. The lowest BCUT2D eigenvalue weighted by Crippen LogP contribution is -2.13. The van der Waals surface area contributed by atoms with E-state index in [1.165, 1.54) is 6.07 Å². The van der Waals surface area contributed by atoms with E-state index in [1.807, 2.05) is 0 Å². The van der Waals surface area contributed by atoms with Crippen LogP contribution in [0, 0.1) is 0 Å². The summed E-state index contributed by atoms with van der Waals surface area (Å²) in [5.41, 5.74) is 0.793. The van der Waals surface area contributed by atoms with E-state index in [2.05, 4.69) is 4.98 Å². The minimum Gasteiger partial charge on any atom is -0.481 e. The van der Waals surface area contributed by atoms with Crippen molar-refractivity contribution in [3.8, 4) is 11.1 Å². The Morgan fingerprint density at radius 1 is 1.16 bits per heavy atom. The summed E-state index contributed by atoms with van der Waals surface area (Å²) in [7, 11) is 0. The lowest BCUT2D eigenvalue weighted by Gasteiger charge is -2.06. The van der Waals surface area contributed by atoms with Gasteiger partial charge in [0.25, 0.3) is 5.56 Å². The van der Waals surface area contributed by atoms with Crippen molar-refractivity contribution in [1.29, 1.82) is 0 Å². The molecular formula is C13H9Cl2NO3. The molecule has 0 aliphatic rings. The number of carboxylic acids is 1. The van der Waals surface area contributed by atoms with Crippen LogP contribution in [0.3, 0.4) is 0 Å². The summed E-state index contributed by atoms with van der Waals surface area (Å²) >= 11 is 11.9. The van der Waals surface area contributed by atoms with Gasteiger partial charge in [0.1, 0.15) is 0 Å². The van der Waals surface area contributed by atoms with Gasteiger partial charge in [-0.2, -0.15) is 0 Å². The van der Waals surface area contributed by atoms with Crippen molar-refractivity contribution >= 4 is 29.2 Å². The number of hydrogen-bond donors (Lipinski definition) is 2. The van der Waals surface area contributed by atoms with Gasteiger partial charge < -0.3 is 10.1 Å². The number of hydrogen-bond acceptors (Lipinski definition) is 2. The Morgan fingerprint density at radius 2 is 1.89 bits per heavy atom. The van der Waals surface area contributed by atoms with Crippen LogP contribution in [0.25, 0.3) is 11.1 Å². The molecule has 0 bridgehead atoms. The topological polar surface area (TPSA) is 70.2 Å². The predicted octanol–water partition coefficient (Wildman–Crippen LogP) is 2.98. The van der Waals surface area contributed by atoms with Gasteiger partial charge in [0.15, 0.2) is 0 Å². The van der Waals surface area contributed by atoms with Crippen LogP contribution in [0.1, 0.15) is 5.69 Å². The number of carbonyl (C=O) groups is 1. The zero-order chi connectivity index (χ0) is 14.0. The lowest BCUT2D eigenvalue weighted by molar-refractivity contribution is -0.136. The maximum Gasteiger partial charge on any atom is 0.309 e. The highest BCUT2D eigenvalue weighted by Gasteiger charge is 2.11. The molecule has 0 spiro atoms. The summed E-state index contributed by atoms with van der Waals surface area (Å²) in [6.07, 6.45) is -0.237. The minimum atomic E-state index is -1.01. The molecule has 0 atom stereocenters. The molecule has 4 nitrogen and oxygen atoms in total. The fourth-order valence-corrected chi connectivity index (χ4v) is 2.11. The SMILES string of the molecule is O=C(O)Cc1ccc(-c2cccc(Cl)c2Cl)c(=O)[nH]1. The molecule has 0 amide bonds. The molecule has 0 saturated carbocycles. The highest BCUT2D eigenvalue weighted by molar-refractivity contribution is 6.43. The van der Waals surface area contributed by atoms with Gasteiger partial charge in [0.2, 0.25) is 0 Å². The van der Waals surface area contributed by atoms with Crippen LogP contribution in [0.15, 0.2) is 35.1 Å². The fourth-order valence-electron chi connectivity index (χ4n) is 1.70. The first-order chi connectivity index (χ1) is 8.99. The Balaban J connectivity index is 2.50. The highest BCUT2D eigenvalue weighted by Crippen LogP contribution is 2.31. The molecule has 0 aliphatic carbocycles. The number of pyridine rings is 1. The Labute approximate surface area is 118 Å². The third-order valence-electron chi connectivity index (χ3n) is 2.55. The second-order valence-corrected chi connectivity index (χ2v) is 4.68. The molecule has 0 aliphatic heterocycles. The van der Waals surface area contributed by atoms with Gasteiger partial charge in [-0.15, -0.1) is 0 Å². The number of aromatic amines is 1. The number of aromatic nitrogens is 1. The molecule has 2 aromatic rings. The standard InChI is InChI=1S/C13H9Cl2NO3/c14-10-3-1-2-8(12(10)15)9-5-4-7(6-11(17)18)16-13(9)19/h1-5H,6H2,(H,16,19)(H,17,18). The average Bonchev–Trinajstić information content (AvgIpc) is 2.33. The van der Waals surface area contributed by atoms with Gasteiger partial charge in [-0.1, -0.05) is 35.3 Å². The molecule has 6 heteroatoms. The molecule has 2 rings (SSSR count). The number of rotatable bonds is 3. The van der Waals surface area contributed by atoms with Crippen molar-refractivity contribution in [1.82, 2.24) is 4.98 Å². The Hall–Kier alpha value is -1.78. The van der Waals surface area contributed by atoms with Gasteiger partial charge in [0.05, 0.1) is 16.5 Å². The summed E-state index contributed by atoms with van der Waals surface area (Å²) in [5.74, 6) is -1.01. The van der Waals surface area contributed by atoms with Crippen LogP contribution in [0.4, 0.5) is 0 Å². The number of benzene rings is 1. The number of nitrogens with one attached hydrogen (secondary N) is 1. The van der Waals surface area contributed by atoms with E-state index in [1.54, 1.807) is 24.3 Å². The van der Waals surface area contributed by atoms with Crippen molar-refractivity contribution in [3.63, 3.8) is 0 Å². The highest BCUT2D eigenvalue weighted by atomic mass is 35.5. The van der Waals surface area contributed by atoms with E-state index in [4.69, 9.17) is 28.3 Å². The van der Waals surface area contributed by atoms with Crippen molar-refractivity contribution in [2.75, 3.05) is 0 Å². The second kappa shape index (κ2) is 5.47. The van der Waals surface area contributed by atoms with Crippen molar-refractivity contribution in [3.05, 3.63) is 56.4 Å². The second-order valence-electron chi connectivity index (χ2n) is 3.90. The van der Waals surface area contributed by atoms with Crippen molar-refractivity contribution in [2.45, 2.75) is 6.42 Å². The van der Waals surface area contributed by atoms with Gasteiger partial charge in [-0.05, 0) is 18.2 Å². The summed E-state index contributed by atoms with van der Waals surface area (Å²) in [4.78, 5) is 25.0. The van der Waals surface area contributed by atoms with Gasteiger partial charge in [-0.25, -0.2) is 0 Å². The zero-order valence-corrected chi connectivity index (χ0v) is 11.1. The fraction of sp³-hybridized carbons (Fsp3) is 0.0769. The largest absolute Gasteiger partial charge is 0.481 e. The summed E-state index contributed by atoms with van der Waals surface area (Å²) in [6, 6.07) is 8.07. The van der Waals surface area contributed by atoms with Crippen LogP contribution in [-0.2, 0) is 11.2 Å². The molecule has 0 unspecified atom stereocenters.